The van der Waals surface area contributed by atoms with Gasteiger partial charge in [-0.05, 0) is 54.5 Å². The highest BCUT2D eigenvalue weighted by atomic mass is 79.9. The minimum absolute atomic E-state index is 0.271. The molecule has 0 fully saturated rings. The second kappa shape index (κ2) is 6.71. The van der Waals surface area contributed by atoms with E-state index in [0.29, 0.717) is 5.92 Å². The van der Waals surface area contributed by atoms with Crippen LogP contribution in [-0.4, -0.2) is 21.0 Å². The minimum Gasteiger partial charge on any atom is -0.393 e. The maximum Gasteiger partial charge on any atom is 0.0766 e. The van der Waals surface area contributed by atoms with E-state index in [1.165, 1.54) is 5.69 Å². The molecule has 104 valence electrons. The van der Waals surface area contributed by atoms with Crippen molar-refractivity contribution < 1.29 is 5.11 Å². The summed E-state index contributed by atoms with van der Waals surface area (Å²) in [6.45, 7) is 11.3. The molecule has 1 aromatic rings. The van der Waals surface area contributed by atoms with Crippen LogP contribution in [0.5, 0.6) is 0 Å². The molecule has 0 aliphatic rings. The van der Waals surface area contributed by atoms with Crippen molar-refractivity contribution in [2.45, 2.75) is 60.1 Å². The zero-order valence-corrected chi connectivity index (χ0v) is 13.7. The second-order valence-electron chi connectivity index (χ2n) is 5.23. The number of aliphatic hydroxyl groups excluding tert-OH is 1. The van der Waals surface area contributed by atoms with E-state index in [2.05, 4.69) is 53.4 Å². The fraction of sp³-hybridized carbons (Fsp3) is 0.786. The third kappa shape index (κ3) is 3.35. The number of aliphatic hydroxyl groups is 1. The third-order valence-corrected chi connectivity index (χ3v) is 4.51. The van der Waals surface area contributed by atoms with Gasteiger partial charge in [0.05, 0.1) is 22.0 Å². The average Bonchev–Trinajstić information content (AvgIpc) is 2.61. The van der Waals surface area contributed by atoms with Crippen LogP contribution in [0.15, 0.2) is 4.47 Å². The van der Waals surface area contributed by atoms with E-state index in [1.54, 1.807) is 0 Å². The van der Waals surface area contributed by atoms with Gasteiger partial charge in [-0.1, -0.05) is 20.8 Å². The van der Waals surface area contributed by atoms with E-state index >= 15 is 0 Å². The topological polar surface area (TPSA) is 38.0 Å². The Labute approximate surface area is 119 Å². The van der Waals surface area contributed by atoms with Crippen molar-refractivity contribution in [1.82, 2.24) is 9.78 Å². The molecule has 0 saturated heterocycles. The lowest BCUT2D eigenvalue weighted by molar-refractivity contribution is 0.0962. The lowest BCUT2D eigenvalue weighted by atomic mass is 9.87. The van der Waals surface area contributed by atoms with Crippen molar-refractivity contribution in [3.8, 4) is 0 Å². The van der Waals surface area contributed by atoms with E-state index in [9.17, 15) is 5.11 Å². The number of nitrogens with zero attached hydrogens (tertiary/aromatic N) is 2. The summed E-state index contributed by atoms with van der Waals surface area (Å²) >= 11 is 3.66. The first-order valence-corrected chi connectivity index (χ1v) is 7.63. The Morgan fingerprint density at radius 1 is 1.28 bits per heavy atom. The highest BCUT2D eigenvalue weighted by Crippen LogP contribution is 2.28. The normalized spacial score (nSPS) is 15.1. The van der Waals surface area contributed by atoms with E-state index in [-0.39, 0.29) is 12.0 Å². The molecule has 2 unspecified atom stereocenters. The summed E-state index contributed by atoms with van der Waals surface area (Å²) in [5.41, 5.74) is 2.33. The first kappa shape index (κ1) is 15.7. The number of hydrogen-bond donors (Lipinski definition) is 1. The largest absolute Gasteiger partial charge is 0.393 e. The van der Waals surface area contributed by atoms with Crippen molar-refractivity contribution in [2.24, 2.45) is 11.8 Å². The fourth-order valence-electron chi connectivity index (χ4n) is 2.40. The lowest BCUT2D eigenvalue weighted by Gasteiger charge is -2.24. The molecule has 0 amide bonds. The van der Waals surface area contributed by atoms with Crippen LogP contribution in [-0.2, 0) is 19.4 Å². The van der Waals surface area contributed by atoms with Gasteiger partial charge >= 0.3 is 0 Å². The zero-order chi connectivity index (χ0) is 13.9. The van der Waals surface area contributed by atoms with Crippen LogP contribution in [0, 0.1) is 11.8 Å². The van der Waals surface area contributed by atoms with Gasteiger partial charge in [0.15, 0.2) is 0 Å². The molecule has 0 spiro atoms. The van der Waals surface area contributed by atoms with Gasteiger partial charge in [0.1, 0.15) is 0 Å². The summed E-state index contributed by atoms with van der Waals surface area (Å²) in [5.74, 6) is 0.732. The molecule has 2 atom stereocenters. The molecule has 0 radical (unpaired) electrons. The Morgan fingerprint density at radius 3 is 2.28 bits per heavy atom. The molecule has 1 aromatic heterocycles. The van der Waals surface area contributed by atoms with Gasteiger partial charge in [0, 0.05) is 6.54 Å². The minimum atomic E-state index is -0.290. The molecule has 0 aliphatic carbocycles. The number of aromatic nitrogens is 2. The lowest BCUT2D eigenvalue weighted by Crippen LogP contribution is -2.25. The van der Waals surface area contributed by atoms with Gasteiger partial charge in [0.2, 0.25) is 0 Å². The van der Waals surface area contributed by atoms with Crippen molar-refractivity contribution in [1.29, 1.82) is 0 Å². The Morgan fingerprint density at radius 2 is 1.89 bits per heavy atom. The van der Waals surface area contributed by atoms with Crippen LogP contribution in [0.4, 0.5) is 0 Å². The second-order valence-corrected chi connectivity index (χ2v) is 6.02. The van der Waals surface area contributed by atoms with Gasteiger partial charge in [-0.15, -0.1) is 0 Å². The Balaban J connectivity index is 3.04. The van der Waals surface area contributed by atoms with E-state index in [1.807, 2.05) is 6.92 Å². The molecule has 0 bridgehead atoms. The fourth-order valence-corrected chi connectivity index (χ4v) is 3.13. The molecule has 0 saturated carbocycles. The zero-order valence-electron chi connectivity index (χ0n) is 12.1. The van der Waals surface area contributed by atoms with Crippen LogP contribution < -0.4 is 0 Å². The van der Waals surface area contributed by atoms with Crippen LogP contribution in [0.25, 0.3) is 0 Å². The Kier molecular flexibility index (Phi) is 5.86. The highest BCUT2D eigenvalue weighted by Gasteiger charge is 2.24. The summed E-state index contributed by atoms with van der Waals surface area (Å²) in [4.78, 5) is 0. The van der Waals surface area contributed by atoms with Crippen LogP contribution in [0.1, 0.15) is 46.0 Å². The van der Waals surface area contributed by atoms with Gasteiger partial charge in [0.25, 0.3) is 0 Å². The summed E-state index contributed by atoms with van der Waals surface area (Å²) in [5, 5.41) is 14.5. The molecule has 0 aliphatic heterocycles. The quantitative estimate of drug-likeness (QED) is 0.873. The molecular formula is C14H25BrN2O. The van der Waals surface area contributed by atoms with Crippen LogP contribution >= 0.6 is 15.9 Å². The van der Waals surface area contributed by atoms with Crippen molar-refractivity contribution >= 4 is 15.9 Å². The number of rotatable bonds is 6. The predicted octanol–water partition coefficient (Wildman–Crippen LogP) is 3.42. The van der Waals surface area contributed by atoms with Gasteiger partial charge < -0.3 is 5.11 Å². The monoisotopic (exact) mass is 316 g/mol. The van der Waals surface area contributed by atoms with Gasteiger partial charge in [-0.25, -0.2) is 0 Å². The summed E-state index contributed by atoms with van der Waals surface area (Å²) in [6.07, 6.45) is 1.51. The summed E-state index contributed by atoms with van der Waals surface area (Å²) in [6, 6.07) is 0. The average molecular weight is 317 g/mol. The summed E-state index contributed by atoms with van der Waals surface area (Å²) < 4.78 is 3.18. The van der Waals surface area contributed by atoms with Gasteiger partial charge in [-0.3, -0.25) is 4.68 Å². The predicted molar refractivity (Wildman–Crippen MR) is 78.7 cm³/mol. The molecular weight excluding hydrogens is 292 g/mol. The SMILES string of the molecule is CCc1nn(CC)c(CC(C(C)C)C(C)O)c1Br. The molecule has 1 rings (SSSR count). The molecule has 4 heteroatoms. The molecule has 3 nitrogen and oxygen atoms in total. The molecule has 0 aromatic carbocycles. The molecule has 18 heavy (non-hydrogen) atoms. The number of halogens is 1. The van der Waals surface area contributed by atoms with Crippen molar-refractivity contribution in [3.05, 3.63) is 15.9 Å². The van der Waals surface area contributed by atoms with Gasteiger partial charge in [-0.2, -0.15) is 5.10 Å². The maximum atomic E-state index is 9.92. The smallest absolute Gasteiger partial charge is 0.0766 e. The van der Waals surface area contributed by atoms with E-state index in [0.717, 1.165) is 29.6 Å². The van der Waals surface area contributed by atoms with E-state index < -0.39 is 0 Å². The highest BCUT2D eigenvalue weighted by molar-refractivity contribution is 9.10. The van der Waals surface area contributed by atoms with Crippen LogP contribution in [0.2, 0.25) is 0 Å². The molecule has 1 heterocycles. The summed E-state index contributed by atoms with van der Waals surface area (Å²) in [7, 11) is 0. The van der Waals surface area contributed by atoms with Crippen molar-refractivity contribution in [3.63, 3.8) is 0 Å². The number of hydrogen-bond acceptors (Lipinski definition) is 2. The maximum absolute atomic E-state index is 9.92. The Bertz CT molecular complexity index is 377. The standard InChI is InChI=1S/C14H25BrN2O/c1-6-12-14(15)13(17(7-2)16-12)8-11(9(3)4)10(5)18/h9-11,18H,6-8H2,1-5H3. The Hall–Kier alpha value is -0.350. The van der Waals surface area contributed by atoms with E-state index in [4.69, 9.17) is 0 Å². The van der Waals surface area contributed by atoms with Crippen molar-refractivity contribution in [2.75, 3.05) is 0 Å². The third-order valence-electron chi connectivity index (χ3n) is 3.60. The molecule has 1 N–H and O–H groups in total. The first-order chi connectivity index (χ1) is 8.42. The first-order valence-electron chi connectivity index (χ1n) is 6.84. The number of aryl methyl sites for hydroxylation is 2. The van der Waals surface area contributed by atoms with Crippen LogP contribution in [0.3, 0.4) is 0 Å².